The zero-order chi connectivity index (χ0) is 21.4. The summed E-state index contributed by atoms with van der Waals surface area (Å²) in [4.78, 5) is -0.101. The van der Waals surface area contributed by atoms with Gasteiger partial charge in [-0.05, 0) is 68.1 Å². The maximum Gasteiger partial charge on any atom is 0.333 e. The number of hydrogen-bond acceptors (Lipinski definition) is 5. The molecular formula is C18H18ClF2NO5S2. The minimum absolute atomic E-state index is 0.0286. The van der Waals surface area contributed by atoms with Gasteiger partial charge in [-0.3, -0.25) is 4.18 Å². The van der Waals surface area contributed by atoms with Crippen LogP contribution < -0.4 is 5.14 Å². The van der Waals surface area contributed by atoms with Crippen molar-refractivity contribution in [3.05, 3.63) is 64.7 Å². The molecule has 1 aliphatic rings. The van der Waals surface area contributed by atoms with E-state index in [9.17, 15) is 25.6 Å². The minimum Gasteiger partial charge on any atom is -0.255 e. The van der Waals surface area contributed by atoms with Gasteiger partial charge in [-0.15, -0.1) is 0 Å². The van der Waals surface area contributed by atoms with E-state index in [1.54, 1.807) is 0 Å². The van der Waals surface area contributed by atoms with E-state index in [1.165, 1.54) is 24.3 Å². The summed E-state index contributed by atoms with van der Waals surface area (Å²) in [5, 5.41) is 5.21. The van der Waals surface area contributed by atoms with Crippen LogP contribution in [-0.4, -0.2) is 22.9 Å². The Hall–Kier alpha value is -1.59. The van der Waals surface area contributed by atoms with Crippen LogP contribution in [0, 0.1) is 11.6 Å². The first-order chi connectivity index (χ1) is 13.4. The second-order valence-corrected chi connectivity index (χ2v) is 10.7. The molecule has 1 aliphatic carbocycles. The van der Waals surface area contributed by atoms with Gasteiger partial charge in [-0.25, -0.2) is 22.3 Å². The summed E-state index contributed by atoms with van der Waals surface area (Å²) in [6, 6.07) is 8.00. The van der Waals surface area contributed by atoms with E-state index < -0.39 is 42.6 Å². The Morgan fingerprint density at radius 2 is 1.59 bits per heavy atom. The first kappa shape index (κ1) is 22.1. The Kier molecular flexibility index (Phi) is 6.03. The van der Waals surface area contributed by atoms with Crippen molar-refractivity contribution in [2.24, 2.45) is 5.14 Å². The van der Waals surface area contributed by atoms with Crippen LogP contribution in [0.25, 0.3) is 0 Å². The third kappa shape index (κ3) is 4.46. The summed E-state index contributed by atoms with van der Waals surface area (Å²) in [6.45, 7) is 0. The number of halogens is 3. The number of rotatable bonds is 5. The molecule has 0 aromatic heterocycles. The van der Waals surface area contributed by atoms with Gasteiger partial charge >= 0.3 is 10.3 Å². The second-order valence-electron chi connectivity index (χ2n) is 6.86. The molecule has 0 spiro atoms. The van der Waals surface area contributed by atoms with Crippen molar-refractivity contribution >= 4 is 31.7 Å². The molecule has 0 amide bonds. The summed E-state index contributed by atoms with van der Waals surface area (Å²) in [6.07, 6.45) is -1.27. The Bertz CT molecular complexity index is 1110. The second kappa shape index (κ2) is 7.92. The molecule has 0 radical (unpaired) electrons. The van der Waals surface area contributed by atoms with Crippen molar-refractivity contribution in [2.45, 2.75) is 41.4 Å². The molecule has 0 heterocycles. The summed E-state index contributed by atoms with van der Waals surface area (Å²) in [7, 11) is -8.43. The fourth-order valence-corrected chi connectivity index (χ4v) is 6.57. The first-order valence-electron chi connectivity index (χ1n) is 8.61. The summed E-state index contributed by atoms with van der Waals surface area (Å²) in [5.41, 5.74) is -0.304. The lowest BCUT2D eigenvalue weighted by molar-refractivity contribution is 0.143. The van der Waals surface area contributed by atoms with E-state index in [1.807, 2.05) is 0 Å². The lowest BCUT2D eigenvalue weighted by Gasteiger charge is -2.39. The third-order valence-electron chi connectivity index (χ3n) is 5.07. The molecule has 0 aliphatic heterocycles. The molecule has 2 N–H and O–H groups in total. The predicted molar refractivity (Wildman–Crippen MR) is 103 cm³/mol. The van der Waals surface area contributed by atoms with Crippen molar-refractivity contribution in [3.63, 3.8) is 0 Å². The van der Waals surface area contributed by atoms with Crippen molar-refractivity contribution in [2.75, 3.05) is 0 Å². The Morgan fingerprint density at radius 3 is 2.14 bits per heavy atom. The van der Waals surface area contributed by atoms with Crippen LogP contribution >= 0.6 is 11.6 Å². The molecule has 6 nitrogen and oxygen atoms in total. The maximum absolute atomic E-state index is 14.7. The van der Waals surface area contributed by atoms with Crippen molar-refractivity contribution in [1.82, 2.24) is 0 Å². The highest BCUT2D eigenvalue weighted by Gasteiger charge is 2.50. The van der Waals surface area contributed by atoms with Gasteiger partial charge in [0.05, 0.1) is 11.0 Å². The number of nitrogens with two attached hydrogens (primary N) is 1. The highest BCUT2D eigenvalue weighted by atomic mass is 35.5. The van der Waals surface area contributed by atoms with Crippen molar-refractivity contribution in [3.8, 4) is 0 Å². The van der Waals surface area contributed by atoms with E-state index in [4.69, 9.17) is 20.9 Å². The monoisotopic (exact) mass is 465 g/mol. The highest BCUT2D eigenvalue weighted by molar-refractivity contribution is 7.92. The van der Waals surface area contributed by atoms with Gasteiger partial charge in [0.25, 0.3) is 0 Å². The zero-order valence-corrected chi connectivity index (χ0v) is 17.4. The van der Waals surface area contributed by atoms with Gasteiger partial charge < -0.3 is 0 Å². The molecule has 0 atom stereocenters. The molecule has 0 bridgehead atoms. The standard InChI is InChI=1S/C18H18ClF2NO5S2/c19-12-1-4-15(5-2-12)28(23,24)18(16-11-13(20)3-6-17(16)21)9-7-14(8-10-18)27-29(22,25)26/h1-6,11,14H,7-10H2,(H2,22,25,26). The molecule has 1 saturated carbocycles. The van der Waals surface area contributed by atoms with Gasteiger partial charge in [-0.2, -0.15) is 8.42 Å². The quantitative estimate of drug-likeness (QED) is 0.728. The predicted octanol–water partition coefficient (Wildman–Crippen LogP) is 3.45. The van der Waals surface area contributed by atoms with Gasteiger partial charge in [0, 0.05) is 10.6 Å². The Labute approximate surface area is 172 Å². The molecule has 0 saturated heterocycles. The van der Waals surface area contributed by atoms with E-state index >= 15 is 0 Å². The molecule has 158 valence electrons. The van der Waals surface area contributed by atoms with E-state index in [0.717, 1.165) is 18.2 Å². The molecule has 0 unspecified atom stereocenters. The molecule has 29 heavy (non-hydrogen) atoms. The molecular weight excluding hydrogens is 448 g/mol. The molecule has 3 rings (SSSR count). The smallest absolute Gasteiger partial charge is 0.255 e. The van der Waals surface area contributed by atoms with Gasteiger partial charge in [0.1, 0.15) is 16.4 Å². The Balaban J connectivity index is 2.11. The van der Waals surface area contributed by atoms with E-state index in [0.29, 0.717) is 5.02 Å². The third-order valence-corrected chi connectivity index (χ3v) is 8.41. The minimum atomic E-state index is -4.23. The summed E-state index contributed by atoms with van der Waals surface area (Å²) >= 11 is 5.84. The number of hydrogen-bond donors (Lipinski definition) is 1. The summed E-state index contributed by atoms with van der Waals surface area (Å²) in [5.74, 6) is -1.65. The fraction of sp³-hybridized carbons (Fsp3) is 0.333. The van der Waals surface area contributed by atoms with Crippen LogP contribution in [0.15, 0.2) is 47.4 Å². The lowest BCUT2D eigenvalue weighted by Crippen LogP contribution is -2.43. The van der Waals surface area contributed by atoms with Gasteiger partial charge in [0.2, 0.25) is 0 Å². The average Bonchev–Trinajstić information content (AvgIpc) is 2.63. The van der Waals surface area contributed by atoms with Crippen LogP contribution in [0.1, 0.15) is 31.2 Å². The highest BCUT2D eigenvalue weighted by Crippen LogP contribution is 2.48. The number of sulfone groups is 1. The van der Waals surface area contributed by atoms with Crippen LogP contribution in [0.2, 0.25) is 5.02 Å². The summed E-state index contributed by atoms with van der Waals surface area (Å²) < 4.78 is 81.1. The lowest BCUT2D eigenvalue weighted by atomic mass is 9.81. The van der Waals surface area contributed by atoms with Crippen LogP contribution in [0.4, 0.5) is 8.78 Å². The first-order valence-corrected chi connectivity index (χ1v) is 11.9. The van der Waals surface area contributed by atoms with E-state index in [2.05, 4.69) is 0 Å². The number of benzene rings is 2. The SMILES string of the molecule is NS(=O)(=O)OC1CCC(c2cc(F)ccc2F)(S(=O)(=O)c2ccc(Cl)cc2)CC1. The topological polar surface area (TPSA) is 104 Å². The molecule has 1 fully saturated rings. The molecule has 11 heteroatoms. The zero-order valence-electron chi connectivity index (χ0n) is 15.0. The van der Waals surface area contributed by atoms with Gasteiger partial charge in [-0.1, -0.05) is 11.6 Å². The van der Waals surface area contributed by atoms with Crippen LogP contribution in [0.3, 0.4) is 0 Å². The largest absolute Gasteiger partial charge is 0.333 e. The molecule has 2 aromatic carbocycles. The van der Waals surface area contributed by atoms with E-state index in [-0.39, 0.29) is 36.1 Å². The molecule has 2 aromatic rings. The van der Waals surface area contributed by atoms with Crippen LogP contribution in [-0.2, 0) is 29.1 Å². The van der Waals surface area contributed by atoms with Crippen LogP contribution in [0.5, 0.6) is 0 Å². The average molecular weight is 466 g/mol. The van der Waals surface area contributed by atoms with Crippen molar-refractivity contribution < 1.29 is 29.8 Å². The fourth-order valence-electron chi connectivity index (χ4n) is 3.71. The normalized spacial score (nSPS) is 23.1. The van der Waals surface area contributed by atoms with Crippen molar-refractivity contribution in [1.29, 1.82) is 0 Å². The maximum atomic E-state index is 14.7. The van der Waals surface area contributed by atoms with Gasteiger partial charge in [0.15, 0.2) is 9.84 Å². The Morgan fingerprint density at radius 1 is 1.00 bits per heavy atom.